The smallest absolute Gasteiger partial charge is 0.00991 e. The van der Waals surface area contributed by atoms with Gasteiger partial charge in [-0.1, -0.05) is 13.3 Å². The number of hydrogen-bond donors (Lipinski definition) is 2. The average Bonchev–Trinajstić information content (AvgIpc) is 2.79. The van der Waals surface area contributed by atoms with Gasteiger partial charge in [0.2, 0.25) is 0 Å². The van der Waals surface area contributed by atoms with Crippen LogP contribution in [-0.4, -0.2) is 26.2 Å². The predicted molar refractivity (Wildman–Crippen MR) is 53.3 cm³/mol. The Morgan fingerprint density at radius 2 is 2.17 bits per heavy atom. The second-order valence-corrected chi connectivity index (χ2v) is 3.80. The van der Waals surface area contributed by atoms with Crippen LogP contribution in [0.4, 0.5) is 0 Å². The van der Waals surface area contributed by atoms with E-state index in [9.17, 15) is 0 Å². The fraction of sp³-hybridized carbons (Fsp3) is 1.00. The van der Waals surface area contributed by atoms with Gasteiger partial charge in [-0.2, -0.15) is 0 Å². The third-order valence-corrected chi connectivity index (χ3v) is 2.59. The lowest BCUT2D eigenvalue weighted by atomic mass is 10.2. The van der Waals surface area contributed by atoms with Crippen LogP contribution in [0.25, 0.3) is 0 Å². The van der Waals surface area contributed by atoms with Gasteiger partial charge in [-0.05, 0) is 45.3 Å². The van der Waals surface area contributed by atoms with E-state index in [1.54, 1.807) is 0 Å². The van der Waals surface area contributed by atoms with E-state index in [2.05, 4.69) is 17.6 Å². The molecule has 0 spiro atoms. The largest absolute Gasteiger partial charge is 0.320 e. The van der Waals surface area contributed by atoms with Crippen LogP contribution in [-0.2, 0) is 0 Å². The molecule has 0 aliphatic heterocycles. The first kappa shape index (κ1) is 10.0. The molecule has 1 rings (SSSR count). The van der Waals surface area contributed by atoms with Gasteiger partial charge in [0.1, 0.15) is 0 Å². The summed E-state index contributed by atoms with van der Waals surface area (Å²) in [7, 11) is 2.01. The molecule has 1 fully saturated rings. The molecular weight excluding hydrogens is 148 g/mol. The zero-order valence-corrected chi connectivity index (χ0v) is 8.40. The van der Waals surface area contributed by atoms with E-state index in [4.69, 9.17) is 0 Å². The standard InChI is InChI=1S/C10H22N2/c1-3-5-9-8-10(9)12-7-4-6-11-2/h9-12H,3-8H2,1-2H3. The summed E-state index contributed by atoms with van der Waals surface area (Å²) in [6.07, 6.45) is 5.45. The minimum atomic E-state index is 0.863. The highest BCUT2D eigenvalue weighted by molar-refractivity contribution is 4.92. The third kappa shape index (κ3) is 3.55. The third-order valence-electron chi connectivity index (χ3n) is 2.59. The summed E-state index contributed by atoms with van der Waals surface area (Å²) in [4.78, 5) is 0. The van der Waals surface area contributed by atoms with Gasteiger partial charge >= 0.3 is 0 Å². The molecule has 0 bridgehead atoms. The average molecular weight is 170 g/mol. The SMILES string of the molecule is CCCC1CC1NCCCNC. The lowest BCUT2D eigenvalue weighted by Crippen LogP contribution is -2.22. The van der Waals surface area contributed by atoms with Crippen LogP contribution >= 0.6 is 0 Å². The van der Waals surface area contributed by atoms with Gasteiger partial charge in [0.25, 0.3) is 0 Å². The Labute approximate surface area is 76.1 Å². The Morgan fingerprint density at radius 1 is 1.33 bits per heavy atom. The molecule has 12 heavy (non-hydrogen) atoms. The maximum absolute atomic E-state index is 3.59. The van der Waals surface area contributed by atoms with Crippen molar-refractivity contribution in [3.63, 3.8) is 0 Å². The first-order valence-electron chi connectivity index (χ1n) is 5.26. The lowest BCUT2D eigenvalue weighted by molar-refractivity contribution is 0.575. The summed E-state index contributed by atoms with van der Waals surface area (Å²) in [5.41, 5.74) is 0. The van der Waals surface area contributed by atoms with Crippen molar-refractivity contribution in [3.05, 3.63) is 0 Å². The van der Waals surface area contributed by atoms with Crippen molar-refractivity contribution < 1.29 is 0 Å². The number of hydrogen-bond acceptors (Lipinski definition) is 2. The van der Waals surface area contributed by atoms with E-state index in [1.807, 2.05) is 7.05 Å². The van der Waals surface area contributed by atoms with E-state index in [1.165, 1.54) is 32.2 Å². The fourth-order valence-electron chi connectivity index (χ4n) is 1.74. The zero-order valence-electron chi connectivity index (χ0n) is 8.40. The van der Waals surface area contributed by atoms with E-state index < -0.39 is 0 Å². The van der Waals surface area contributed by atoms with Crippen molar-refractivity contribution in [2.75, 3.05) is 20.1 Å². The van der Waals surface area contributed by atoms with Crippen LogP contribution in [0.2, 0.25) is 0 Å². The Bertz CT molecular complexity index is 114. The number of rotatable bonds is 7. The highest BCUT2D eigenvalue weighted by Gasteiger charge is 2.34. The van der Waals surface area contributed by atoms with E-state index >= 15 is 0 Å². The molecule has 2 nitrogen and oxygen atoms in total. The van der Waals surface area contributed by atoms with Crippen LogP contribution in [0.3, 0.4) is 0 Å². The van der Waals surface area contributed by atoms with Crippen LogP contribution in [0, 0.1) is 5.92 Å². The Kier molecular flexibility index (Phi) is 4.62. The van der Waals surface area contributed by atoms with Crippen molar-refractivity contribution in [2.45, 2.75) is 38.6 Å². The van der Waals surface area contributed by atoms with Gasteiger partial charge in [0.15, 0.2) is 0 Å². The molecule has 2 heteroatoms. The molecule has 2 atom stereocenters. The van der Waals surface area contributed by atoms with Crippen molar-refractivity contribution in [1.82, 2.24) is 10.6 Å². The first-order valence-corrected chi connectivity index (χ1v) is 5.26. The summed E-state index contributed by atoms with van der Waals surface area (Å²) in [6, 6.07) is 0.863. The molecule has 1 aliphatic carbocycles. The molecule has 2 unspecified atom stereocenters. The molecule has 0 aromatic rings. The molecule has 72 valence electrons. The first-order chi connectivity index (χ1) is 5.88. The Hall–Kier alpha value is -0.0800. The van der Waals surface area contributed by atoms with Crippen LogP contribution in [0.5, 0.6) is 0 Å². The second kappa shape index (κ2) is 5.55. The fourth-order valence-corrected chi connectivity index (χ4v) is 1.74. The van der Waals surface area contributed by atoms with E-state index in [0.717, 1.165) is 18.5 Å². The summed E-state index contributed by atoms with van der Waals surface area (Å²) in [5, 5.41) is 6.74. The van der Waals surface area contributed by atoms with Gasteiger partial charge < -0.3 is 10.6 Å². The van der Waals surface area contributed by atoms with Gasteiger partial charge in [-0.25, -0.2) is 0 Å². The predicted octanol–water partition coefficient (Wildman–Crippen LogP) is 1.37. The minimum absolute atomic E-state index is 0.863. The van der Waals surface area contributed by atoms with E-state index in [0.29, 0.717) is 0 Å². The summed E-state index contributed by atoms with van der Waals surface area (Å²) >= 11 is 0. The zero-order chi connectivity index (χ0) is 8.81. The van der Waals surface area contributed by atoms with Gasteiger partial charge in [-0.15, -0.1) is 0 Å². The monoisotopic (exact) mass is 170 g/mol. The number of nitrogens with one attached hydrogen (secondary N) is 2. The lowest BCUT2D eigenvalue weighted by Gasteiger charge is -2.02. The highest BCUT2D eigenvalue weighted by atomic mass is 15.0. The van der Waals surface area contributed by atoms with Gasteiger partial charge in [-0.3, -0.25) is 0 Å². The highest BCUT2D eigenvalue weighted by Crippen LogP contribution is 2.34. The minimum Gasteiger partial charge on any atom is -0.320 e. The van der Waals surface area contributed by atoms with Gasteiger partial charge in [0.05, 0.1) is 0 Å². The van der Waals surface area contributed by atoms with Gasteiger partial charge in [0, 0.05) is 6.04 Å². The Morgan fingerprint density at radius 3 is 2.83 bits per heavy atom. The molecule has 0 radical (unpaired) electrons. The maximum Gasteiger partial charge on any atom is 0.00991 e. The molecule has 1 aliphatic rings. The normalized spacial score (nSPS) is 27.5. The summed E-state index contributed by atoms with van der Waals surface area (Å²) in [6.45, 7) is 4.60. The Balaban J connectivity index is 1.83. The molecule has 0 aromatic heterocycles. The van der Waals surface area contributed by atoms with Crippen LogP contribution in [0.15, 0.2) is 0 Å². The van der Waals surface area contributed by atoms with Crippen molar-refractivity contribution in [3.8, 4) is 0 Å². The molecule has 0 heterocycles. The quantitative estimate of drug-likeness (QED) is 0.564. The van der Waals surface area contributed by atoms with Crippen LogP contribution in [0.1, 0.15) is 32.6 Å². The topological polar surface area (TPSA) is 24.1 Å². The van der Waals surface area contributed by atoms with Crippen molar-refractivity contribution in [2.24, 2.45) is 5.92 Å². The van der Waals surface area contributed by atoms with Crippen molar-refractivity contribution in [1.29, 1.82) is 0 Å². The van der Waals surface area contributed by atoms with Crippen molar-refractivity contribution >= 4 is 0 Å². The molecular formula is C10H22N2. The molecule has 2 N–H and O–H groups in total. The molecule has 0 saturated heterocycles. The van der Waals surface area contributed by atoms with Crippen LogP contribution < -0.4 is 10.6 Å². The molecule has 0 aromatic carbocycles. The second-order valence-electron chi connectivity index (χ2n) is 3.80. The molecule has 0 amide bonds. The summed E-state index contributed by atoms with van der Waals surface area (Å²) in [5.74, 6) is 1.00. The summed E-state index contributed by atoms with van der Waals surface area (Å²) < 4.78 is 0. The maximum atomic E-state index is 3.59. The molecule has 1 saturated carbocycles. The van der Waals surface area contributed by atoms with E-state index in [-0.39, 0.29) is 0 Å².